The number of aliphatic carboxylic acids is 1. The predicted molar refractivity (Wildman–Crippen MR) is 109 cm³/mol. The molecule has 0 heterocycles. The molecule has 2 aliphatic carbocycles. The molecule has 0 radical (unpaired) electrons. The van der Waals surface area contributed by atoms with Gasteiger partial charge in [0.15, 0.2) is 0 Å². The Morgan fingerprint density at radius 3 is 2.14 bits per heavy atom. The Morgan fingerprint density at radius 2 is 1.55 bits per heavy atom. The van der Waals surface area contributed by atoms with Gasteiger partial charge in [-0.2, -0.15) is 0 Å². The van der Waals surface area contributed by atoms with E-state index < -0.39 is 12.1 Å². The number of carboxylic acids is 1. The highest BCUT2D eigenvalue weighted by Gasteiger charge is 2.29. The molecule has 2 aromatic rings. The monoisotopic (exact) mass is 389 g/mol. The van der Waals surface area contributed by atoms with Crippen LogP contribution in [0.15, 0.2) is 48.5 Å². The van der Waals surface area contributed by atoms with Gasteiger partial charge in [-0.05, 0) is 47.9 Å². The number of hydrogen-bond donors (Lipinski definition) is 2. The first kappa shape index (κ1) is 19.1. The summed E-state index contributed by atoms with van der Waals surface area (Å²) in [6.45, 7) is 0.305. The average molecular weight is 389 g/mol. The summed E-state index contributed by atoms with van der Waals surface area (Å²) >= 11 is 0. The molecule has 0 bridgehead atoms. The van der Waals surface area contributed by atoms with E-state index in [1.807, 2.05) is 24.3 Å². The molecule has 2 N–H and O–H groups in total. The number of rotatable bonds is 3. The Morgan fingerprint density at radius 1 is 0.966 bits per heavy atom. The number of benzene rings is 2. The summed E-state index contributed by atoms with van der Waals surface area (Å²) in [5.74, 6) is 4.02. The van der Waals surface area contributed by atoms with E-state index in [0.29, 0.717) is 6.61 Å². The van der Waals surface area contributed by atoms with Gasteiger partial charge < -0.3 is 15.2 Å². The number of nitrogens with one attached hydrogen (secondary N) is 1. The van der Waals surface area contributed by atoms with E-state index in [0.717, 1.165) is 25.7 Å². The third-order valence-corrected chi connectivity index (χ3v) is 5.78. The Kier molecular flexibility index (Phi) is 5.53. The van der Waals surface area contributed by atoms with Gasteiger partial charge in [-0.15, -0.1) is 0 Å². The molecule has 5 nitrogen and oxygen atoms in total. The van der Waals surface area contributed by atoms with E-state index >= 15 is 0 Å². The topological polar surface area (TPSA) is 75.6 Å². The van der Waals surface area contributed by atoms with Crippen LogP contribution in [-0.4, -0.2) is 29.8 Å². The zero-order valence-corrected chi connectivity index (χ0v) is 16.1. The fourth-order valence-electron chi connectivity index (χ4n) is 4.35. The summed E-state index contributed by atoms with van der Waals surface area (Å²) in [4.78, 5) is 22.9. The first-order chi connectivity index (χ1) is 14.1. The second-order valence-electron chi connectivity index (χ2n) is 7.59. The molecule has 0 aromatic heterocycles. The van der Waals surface area contributed by atoms with Crippen LogP contribution in [0.25, 0.3) is 11.1 Å². The fourth-order valence-corrected chi connectivity index (χ4v) is 4.35. The Bertz CT molecular complexity index is 934. The number of carbonyl (C=O) groups is 2. The minimum absolute atomic E-state index is 0.0496. The van der Waals surface area contributed by atoms with E-state index in [1.54, 1.807) is 0 Å². The normalized spacial score (nSPS) is 20.0. The van der Waals surface area contributed by atoms with Gasteiger partial charge in [-0.3, -0.25) is 0 Å². The van der Waals surface area contributed by atoms with E-state index in [4.69, 9.17) is 9.84 Å². The molecule has 0 saturated heterocycles. The average Bonchev–Trinajstić information content (AvgIpc) is 3.05. The quantitative estimate of drug-likeness (QED) is 0.773. The van der Waals surface area contributed by atoms with Gasteiger partial charge >= 0.3 is 12.1 Å². The van der Waals surface area contributed by atoms with E-state index in [1.165, 1.54) is 22.3 Å². The summed E-state index contributed by atoms with van der Waals surface area (Å²) in [6, 6.07) is 16.6. The molecule has 0 atom stereocenters. The standard InChI is InChI=1S/C24H23NO4/c26-23(27)14-11-16-9-12-17(13-10-16)25-24(28)29-15-22-20-7-3-1-5-18(20)19-6-2-4-8-21(19)22/h1-8,16-17,22H,9-10,12-13,15H2,(H,25,28)(H,26,27). The largest absolute Gasteiger partial charge is 0.472 e. The third-order valence-electron chi connectivity index (χ3n) is 5.78. The second-order valence-corrected chi connectivity index (χ2v) is 7.59. The first-order valence-corrected chi connectivity index (χ1v) is 9.98. The summed E-state index contributed by atoms with van der Waals surface area (Å²) < 4.78 is 5.59. The second kappa shape index (κ2) is 8.40. The van der Waals surface area contributed by atoms with Crippen molar-refractivity contribution in [3.8, 4) is 23.0 Å². The van der Waals surface area contributed by atoms with E-state index in [9.17, 15) is 9.59 Å². The highest BCUT2D eigenvalue weighted by atomic mass is 16.5. The molecular formula is C24H23NO4. The predicted octanol–water partition coefficient (Wildman–Crippen LogP) is 4.17. The fraction of sp³-hybridized carbons (Fsp3) is 0.333. The van der Waals surface area contributed by atoms with Gasteiger partial charge in [0.05, 0.1) is 0 Å². The molecule has 2 aromatic carbocycles. The molecule has 4 rings (SSSR count). The molecule has 0 aliphatic heterocycles. The minimum Gasteiger partial charge on any atom is -0.472 e. The molecule has 2 aliphatic rings. The zero-order chi connectivity index (χ0) is 20.2. The van der Waals surface area contributed by atoms with Crippen molar-refractivity contribution in [2.45, 2.75) is 37.6 Å². The lowest BCUT2D eigenvalue weighted by molar-refractivity contribution is -0.130. The van der Waals surface area contributed by atoms with E-state index in [-0.39, 0.29) is 17.9 Å². The van der Waals surface area contributed by atoms with Gasteiger partial charge in [-0.25, -0.2) is 9.59 Å². The highest BCUT2D eigenvalue weighted by Crippen LogP contribution is 2.44. The molecule has 1 fully saturated rings. The lowest BCUT2D eigenvalue weighted by Crippen LogP contribution is -2.38. The van der Waals surface area contributed by atoms with Crippen LogP contribution in [0, 0.1) is 17.8 Å². The summed E-state index contributed by atoms with van der Waals surface area (Å²) in [5, 5.41) is 11.6. The third kappa shape index (κ3) is 4.27. The summed E-state index contributed by atoms with van der Waals surface area (Å²) in [6.07, 6.45) is 2.74. The smallest absolute Gasteiger partial charge is 0.407 e. The van der Waals surface area contributed by atoms with Crippen LogP contribution in [0.4, 0.5) is 4.79 Å². The lowest BCUT2D eigenvalue weighted by atomic mass is 9.86. The van der Waals surface area contributed by atoms with Crippen LogP contribution in [0.2, 0.25) is 0 Å². The highest BCUT2D eigenvalue weighted by molar-refractivity contribution is 5.86. The van der Waals surface area contributed by atoms with Crippen LogP contribution in [0.1, 0.15) is 42.7 Å². The Balaban J connectivity index is 1.32. The number of ether oxygens (including phenoxy) is 1. The molecule has 1 saturated carbocycles. The van der Waals surface area contributed by atoms with Crippen molar-refractivity contribution in [3.63, 3.8) is 0 Å². The summed E-state index contributed by atoms with van der Waals surface area (Å²) in [7, 11) is 0. The van der Waals surface area contributed by atoms with Crippen molar-refractivity contribution in [2.75, 3.05) is 6.61 Å². The van der Waals surface area contributed by atoms with Gasteiger partial charge in [0.25, 0.3) is 0 Å². The van der Waals surface area contributed by atoms with Crippen LogP contribution in [0.5, 0.6) is 0 Å². The van der Waals surface area contributed by atoms with Crippen molar-refractivity contribution in [3.05, 3.63) is 59.7 Å². The number of fused-ring (bicyclic) bond motifs is 3. The Labute approximate surface area is 170 Å². The molecule has 1 amide bonds. The number of carboxylic acid groups (broad SMARTS) is 1. The van der Waals surface area contributed by atoms with Crippen molar-refractivity contribution in [1.82, 2.24) is 5.32 Å². The van der Waals surface area contributed by atoms with Crippen LogP contribution < -0.4 is 5.32 Å². The maximum Gasteiger partial charge on any atom is 0.407 e. The van der Waals surface area contributed by atoms with E-state index in [2.05, 4.69) is 41.4 Å². The van der Waals surface area contributed by atoms with Crippen molar-refractivity contribution >= 4 is 12.1 Å². The maximum atomic E-state index is 12.3. The van der Waals surface area contributed by atoms with Gasteiger partial charge in [0.2, 0.25) is 0 Å². The zero-order valence-electron chi connectivity index (χ0n) is 16.1. The molecule has 0 unspecified atom stereocenters. The van der Waals surface area contributed by atoms with Gasteiger partial charge in [0.1, 0.15) is 6.61 Å². The number of hydrogen-bond acceptors (Lipinski definition) is 3. The van der Waals surface area contributed by atoms with Crippen molar-refractivity contribution < 1.29 is 19.4 Å². The van der Waals surface area contributed by atoms with Gasteiger partial charge in [-0.1, -0.05) is 54.5 Å². The van der Waals surface area contributed by atoms with Crippen molar-refractivity contribution in [1.29, 1.82) is 0 Å². The lowest BCUT2D eigenvalue weighted by Gasteiger charge is -2.26. The van der Waals surface area contributed by atoms with Gasteiger partial charge in [0, 0.05) is 23.8 Å². The Hall–Kier alpha value is -3.26. The molecular weight excluding hydrogens is 366 g/mol. The minimum atomic E-state index is -1.09. The first-order valence-electron chi connectivity index (χ1n) is 9.98. The van der Waals surface area contributed by atoms with Crippen LogP contribution in [0.3, 0.4) is 0 Å². The van der Waals surface area contributed by atoms with Crippen LogP contribution >= 0.6 is 0 Å². The van der Waals surface area contributed by atoms with Crippen LogP contribution in [-0.2, 0) is 9.53 Å². The SMILES string of the molecule is O=C(O)C#CC1CCC(NC(=O)OCC2c3ccccc3-c3ccccc32)CC1. The maximum absolute atomic E-state index is 12.3. The molecule has 148 valence electrons. The molecule has 29 heavy (non-hydrogen) atoms. The van der Waals surface area contributed by atoms with Crippen molar-refractivity contribution in [2.24, 2.45) is 5.92 Å². The summed E-state index contributed by atoms with van der Waals surface area (Å²) in [5.41, 5.74) is 4.80. The number of amides is 1. The molecule has 0 spiro atoms. The number of carbonyl (C=O) groups excluding carboxylic acids is 1. The molecule has 5 heteroatoms. The number of alkyl carbamates (subject to hydrolysis) is 1.